The Balaban J connectivity index is 1.76. The average molecular weight is 363 g/mol. The van der Waals surface area contributed by atoms with Crippen molar-refractivity contribution in [2.24, 2.45) is 0 Å². The van der Waals surface area contributed by atoms with Gasteiger partial charge in [0.2, 0.25) is 0 Å². The number of hydrogen-bond donors (Lipinski definition) is 1. The fourth-order valence-electron chi connectivity index (χ4n) is 2.78. The molecule has 0 saturated heterocycles. The maximum absolute atomic E-state index is 12.4. The van der Waals surface area contributed by atoms with E-state index in [0.29, 0.717) is 16.6 Å². The quantitative estimate of drug-likeness (QED) is 0.563. The number of thioether (sulfide) groups is 1. The summed E-state index contributed by atoms with van der Waals surface area (Å²) in [5.41, 5.74) is 5.05. The Morgan fingerprint density at radius 2 is 1.92 bits per heavy atom. The lowest BCUT2D eigenvalue weighted by Crippen LogP contribution is -2.19. The minimum Gasteiger partial charge on any atom is -0.285 e. The predicted molar refractivity (Wildman–Crippen MR) is 102 cm³/mol. The minimum atomic E-state index is -0.292. The Labute approximate surface area is 154 Å². The third-order valence-electron chi connectivity index (χ3n) is 4.07. The van der Waals surface area contributed by atoms with E-state index in [1.54, 1.807) is 6.20 Å². The van der Waals surface area contributed by atoms with Crippen molar-refractivity contribution in [3.63, 3.8) is 0 Å². The lowest BCUT2D eigenvalue weighted by Gasteiger charge is -2.04. The summed E-state index contributed by atoms with van der Waals surface area (Å²) in [4.78, 5) is 24.2. The number of nitrogens with one attached hydrogen (secondary N) is 1. The van der Waals surface area contributed by atoms with Crippen LogP contribution in [0.5, 0.6) is 0 Å². The number of rotatable bonds is 4. The van der Waals surface area contributed by atoms with Crippen LogP contribution in [0.25, 0.3) is 16.8 Å². The fraction of sp³-hybridized carbons (Fsp3) is 0.158. The first-order valence-corrected chi connectivity index (χ1v) is 9.20. The number of hydrogen-bond acceptors (Lipinski definition) is 5. The number of pyridine rings is 1. The highest BCUT2D eigenvalue weighted by Gasteiger charge is 2.16. The van der Waals surface area contributed by atoms with Gasteiger partial charge in [0.1, 0.15) is 0 Å². The van der Waals surface area contributed by atoms with Gasteiger partial charge >= 0.3 is 5.69 Å². The highest BCUT2D eigenvalue weighted by atomic mass is 32.2. The number of aryl methyl sites for hydroxylation is 2. The summed E-state index contributed by atoms with van der Waals surface area (Å²) in [5, 5.41) is 4.92. The van der Waals surface area contributed by atoms with E-state index < -0.39 is 0 Å². The molecule has 130 valence electrons. The molecule has 1 aromatic carbocycles. The molecule has 0 aliphatic heterocycles. The molecule has 7 heteroatoms. The van der Waals surface area contributed by atoms with Crippen molar-refractivity contribution >= 4 is 17.4 Å². The van der Waals surface area contributed by atoms with E-state index in [0.717, 1.165) is 22.5 Å². The highest BCUT2D eigenvalue weighted by Crippen LogP contribution is 2.27. The predicted octanol–water partition coefficient (Wildman–Crippen LogP) is 3.39. The largest absolute Gasteiger partial charge is 0.350 e. The van der Waals surface area contributed by atoms with Crippen molar-refractivity contribution in [1.29, 1.82) is 0 Å². The molecular weight excluding hydrogens is 346 g/mol. The zero-order chi connectivity index (χ0) is 18.1. The zero-order valence-corrected chi connectivity index (χ0v) is 15.2. The maximum atomic E-state index is 12.4. The molecule has 4 rings (SSSR count). The third-order valence-corrected chi connectivity index (χ3v) is 4.98. The second-order valence-corrected chi connectivity index (χ2v) is 6.98. The Hall–Kier alpha value is -2.93. The Bertz CT molecular complexity index is 1120. The zero-order valence-electron chi connectivity index (χ0n) is 14.4. The van der Waals surface area contributed by atoms with Crippen molar-refractivity contribution in [2.45, 2.75) is 24.8 Å². The summed E-state index contributed by atoms with van der Waals surface area (Å²) in [7, 11) is 0. The van der Waals surface area contributed by atoms with Gasteiger partial charge in [-0.1, -0.05) is 47.7 Å². The van der Waals surface area contributed by atoms with E-state index in [-0.39, 0.29) is 5.69 Å². The van der Waals surface area contributed by atoms with Crippen molar-refractivity contribution in [3.8, 4) is 11.1 Å². The Morgan fingerprint density at radius 3 is 2.65 bits per heavy atom. The van der Waals surface area contributed by atoms with Crippen LogP contribution < -0.4 is 5.69 Å². The number of H-pyrrole nitrogens is 1. The minimum absolute atomic E-state index is 0.292. The highest BCUT2D eigenvalue weighted by molar-refractivity contribution is 7.98. The number of aromatic amines is 1. The second kappa shape index (κ2) is 6.76. The lowest BCUT2D eigenvalue weighted by atomic mass is 10.0. The Kier molecular flexibility index (Phi) is 4.30. The second-order valence-electron chi connectivity index (χ2n) is 6.02. The van der Waals surface area contributed by atoms with E-state index in [1.165, 1.54) is 21.8 Å². The van der Waals surface area contributed by atoms with Crippen LogP contribution in [0.4, 0.5) is 0 Å². The lowest BCUT2D eigenvalue weighted by molar-refractivity contribution is 0.779. The fourth-order valence-corrected chi connectivity index (χ4v) is 3.55. The molecule has 6 nitrogen and oxygen atoms in total. The SMILES string of the molecule is Cc1ccc(-c2c(C)nn3c(=O)[nH]c(SCc4ccccn4)nc23)cc1. The molecular formula is C19H17N5OS. The summed E-state index contributed by atoms with van der Waals surface area (Å²) in [6.07, 6.45) is 1.76. The van der Waals surface area contributed by atoms with Gasteiger partial charge in [0.05, 0.1) is 11.4 Å². The molecule has 0 aliphatic rings. The van der Waals surface area contributed by atoms with Gasteiger partial charge in [0.15, 0.2) is 10.8 Å². The van der Waals surface area contributed by atoms with Crippen LogP contribution in [0.1, 0.15) is 17.0 Å². The molecule has 0 unspecified atom stereocenters. The van der Waals surface area contributed by atoms with E-state index in [4.69, 9.17) is 0 Å². The molecule has 0 aliphatic carbocycles. The van der Waals surface area contributed by atoms with Crippen LogP contribution in [0.2, 0.25) is 0 Å². The number of nitrogens with zero attached hydrogens (tertiary/aromatic N) is 4. The average Bonchev–Trinajstić information content (AvgIpc) is 2.98. The summed E-state index contributed by atoms with van der Waals surface area (Å²) in [5.74, 6) is 0.632. The summed E-state index contributed by atoms with van der Waals surface area (Å²) < 4.78 is 1.33. The first-order chi connectivity index (χ1) is 12.6. The van der Waals surface area contributed by atoms with Crippen LogP contribution in [-0.4, -0.2) is 24.6 Å². The monoisotopic (exact) mass is 363 g/mol. The molecule has 0 saturated carbocycles. The molecule has 3 heterocycles. The van der Waals surface area contributed by atoms with E-state index in [9.17, 15) is 4.79 Å². The van der Waals surface area contributed by atoms with Crippen molar-refractivity contribution in [2.75, 3.05) is 0 Å². The van der Waals surface area contributed by atoms with Crippen molar-refractivity contribution in [3.05, 3.63) is 76.1 Å². The molecule has 0 amide bonds. The molecule has 0 spiro atoms. The van der Waals surface area contributed by atoms with Gasteiger partial charge in [0, 0.05) is 17.5 Å². The molecule has 0 radical (unpaired) electrons. The van der Waals surface area contributed by atoms with E-state index in [1.807, 2.05) is 56.3 Å². The van der Waals surface area contributed by atoms with Gasteiger partial charge in [0.25, 0.3) is 0 Å². The molecule has 0 bridgehead atoms. The van der Waals surface area contributed by atoms with E-state index in [2.05, 4.69) is 20.1 Å². The first-order valence-electron chi connectivity index (χ1n) is 8.21. The molecule has 26 heavy (non-hydrogen) atoms. The van der Waals surface area contributed by atoms with Crippen molar-refractivity contribution in [1.82, 2.24) is 24.6 Å². The molecule has 4 aromatic rings. The topological polar surface area (TPSA) is 75.9 Å². The van der Waals surface area contributed by atoms with Crippen molar-refractivity contribution < 1.29 is 0 Å². The van der Waals surface area contributed by atoms with Crippen LogP contribution >= 0.6 is 11.8 Å². The summed E-state index contributed by atoms with van der Waals surface area (Å²) in [6.45, 7) is 3.94. The van der Waals surface area contributed by atoms with Gasteiger partial charge in [-0.15, -0.1) is 0 Å². The number of aromatic nitrogens is 5. The smallest absolute Gasteiger partial charge is 0.285 e. The molecule has 0 fully saturated rings. The van der Waals surface area contributed by atoms with Crippen LogP contribution in [0.15, 0.2) is 58.6 Å². The van der Waals surface area contributed by atoms with Crippen LogP contribution in [0.3, 0.4) is 0 Å². The normalized spacial score (nSPS) is 11.2. The number of fused-ring (bicyclic) bond motifs is 1. The van der Waals surface area contributed by atoms with Crippen LogP contribution in [-0.2, 0) is 5.75 Å². The van der Waals surface area contributed by atoms with Crippen LogP contribution in [0, 0.1) is 13.8 Å². The van der Waals surface area contributed by atoms with Gasteiger partial charge in [-0.05, 0) is 31.5 Å². The van der Waals surface area contributed by atoms with Gasteiger partial charge in [-0.25, -0.2) is 9.78 Å². The number of benzene rings is 1. The van der Waals surface area contributed by atoms with Gasteiger partial charge in [-0.2, -0.15) is 9.61 Å². The maximum Gasteiger partial charge on any atom is 0.350 e. The van der Waals surface area contributed by atoms with Gasteiger partial charge < -0.3 is 0 Å². The Morgan fingerprint density at radius 1 is 1.12 bits per heavy atom. The standard InChI is InChI=1S/C19H17N5OS/c1-12-6-8-14(9-7-12)16-13(2)23-24-17(16)21-18(22-19(24)25)26-11-15-5-3-4-10-20-15/h3-10H,11H2,1-2H3,(H,21,22,25). The van der Waals surface area contributed by atoms with E-state index >= 15 is 0 Å². The molecule has 3 aromatic heterocycles. The summed E-state index contributed by atoms with van der Waals surface area (Å²) in [6, 6.07) is 13.9. The molecule has 0 atom stereocenters. The first kappa shape index (κ1) is 16.5. The third kappa shape index (κ3) is 3.13. The molecule has 1 N–H and O–H groups in total. The summed E-state index contributed by atoms with van der Waals surface area (Å²) >= 11 is 1.45. The van der Waals surface area contributed by atoms with Gasteiger partial charge in [-0.3, -0.25) is 9.97 Å².